The predicted molar refractivity (Wildman–Crippen MR) is 74.9 cm³/mol. The standard InChI is InChI=1S/C15H24N2/c1-11-7-13(3)15(8-12(11)2)17(4)10-14-5-6-16-9-14/h7-8,14,16H,5-6,9-10H2,1-4H3. The zero-order valence-corrected chi connectivity index (χ0v) is 11.5. The third-order valence-corrected chi connectivity index (χ3v) is 3.92. The summed E-state index contributed by atoms with van der Waals surface area (Å²) < 4.78 is 0. The van der Waals surface area contributed by atoms with Crippen LogP contribution in [0.15, 0.2) is 12.1 Å². The van der Waals surface area contributed by atoms with E-state index in [9.17, 15) is 0 Å². The Kier molecular flexibility index (Phi) is 3.72. The number of rotatable bonds is 3. The first-order valence-electron chi connectivity index (χ1n) is 6.57. The lowest BCUT2D eigenvalue weighted by Crippen LogP contribution is -2.27. The second-order valence-corrected chi connectivity index (χ2v) is 5.46. The van der Waals surface area contributed by atoms with Crippen molar-refractivity contribution in [2.24, 2.45) is 5.92 Å². The smallest absolute Gasteiger partial charge is 0.0396 e. The van der Waals surface area contributed by atoms with Crippen LogP contribution >= 0.6 is 0 Å². The minimum Gasteiger partial charge on any atom is -0.374 e. The van der Waals surface area contributed by atoms with Gasteiger partial charge in [-0.3, -0.25) is 0 Å². The van der Waals surface area contributed by atoms with Crippen molar-refractivity contribution < 1.29 is 0 Å². The van der Waals surface area contributed by atoms with E-state index < -0.39 is 0 Å². The predicted octanol–water partition coefficient (Wildman–Crippen LogP) is 2.66. The van der Waals surface area contributed by atoms with Gasteiger partial charge in [0.15, 0.2) is 0 Å². The first-order valence-corrected chi connectivity index (χ1v) is 6.57. The number of nitrogens with one attached hydrogen (secondary N) is 1. The number of aryl methyl sites for hydroxylation is 3. The van der Waals surface area contributed by atoms with Gasteiger partial charge in [-0.2, -0.15) is 0 Å². The van der Waals surface area contributed by atoms with Crippen LogP contribution in [0.1, 0.15) is 23.1 Å². The first kappa shape index (κ1) is 12.4. The molecule has 0 aromatic heterocycles. The van der Waals surface area contributed by atoms with Crippen molar-refractivity contribution in [3.8, 4) is 0 Å². The van der Waals surface area contributed by atoms with Gasteiger partial charge in [-0.25, -0.2) is 0 Å². The van der Waals surface area contributed by atoms with Crippen LogP contribution in [0.5, 0.6) is 0 Å². The van der Waals surface area contributed by atoms with Crippen LogP contribution in [-0.2, 0) is 0 Å². The van der Waals surface area contributed by atoms with E-state index in [1.807, 2.05) is 0 Å². The maximum Gasteiger partial charge on any atom is 0.0396 e. The molecule has 1 unspecified atom stereocenters. The summed E-state index contributed by atoms with van der Waals surface area (Å²) in [4.78, 5) is 2.42. The quantitative estimate of drug-likeness (QED) is 0.862. The zero-order valence-electron chi connectivity index (χ0n) is 11.5. The lowest BCUT2D eigenvalue weighted by molar-refractivity contribution is 0.578. The molecule has 0 spiro atoms. The maximum atomic E-state index is 3.44. The second-order valence-electron chi connectivity index (χ2n) is 5.46. The molecule has 0 radical (unpaired) electrons. The molecular weight excluding hydrogens is 208 g/mol. The summed E-state index contributed by atoms with van der Waals surface area (Å²) in [5.41, 5.74) is 5.56. The SMILES string of the molecule is Cc1cc(C)c(N(C)CC2CCNC2)cc1C. The van der Waals surface area contributed by atoms with Crippen molar-refractivity contribution in [3.63, 3.8) is 0 Å². The highest BCUT2D eigenvalue weighted by Gasteiger charge is 2.17. The van der Waals surface area contributed by atoms with Crippen LogP contribution in [0.2, 0.25) is 0 Å². The number of hydrogen-bond acceptors (Lipinski definition) is 2. The molecule has 1 aromatic carbocycles. The normalized spacial score (nSPS) is 19.6. The monoisotopic (exact) mass is 232 g/mol. The third kappa shape index (κ3) is 2.81. The molecule has 1 saturated heterocycles. The summed E-state index contributed by atoms with van der Waals surface area (Å²) in [5, 5.41) is 3.44. The summed E-state index contributed by atoms with van der Waals surface area (Å²) in [6.07, 6.45) is 1.31. The van der Waals surface area contributed by atoms with E-state index in [1.54, 1.807) is 0 Å². The Balaban J connectivity index is 2.12. The molecule has 2 nitrogen and oxygen atoms in total. The Labute approximate surface area is 105 Å². The van der Waals surface area contributed by atoms with Crippen molar-refractivity contribution in [1.82, 2.24) is 5.32 Å². The maximum absolute atomic E-state index is 3.44. The summed E-state index contributed by atoms with van der Waals surface area (Å²) in [6.45, 7) is 10.1. The minimum atomic E-state index is 0.806. The van der Waals surface area contributed by atoms with Crippen molar-refractivity contribution >= 4 is 5.69 Å². The van der Waals surface area contributed by atoms with Gasteiger partial charge in [-0.1, -0.05) is 6.07 Å². The Morgan fingerprint density at radius 3 is 2.53 bits per heavy atom. The largest absolute Gasteiger partial charge is 0.374 e. The molecule has 1 N–H and O–H groups in total. The molecule has 1 fully saturated rings. The lowest BCUT2D eigenvalue weighted by Gasteiger charge is -2.25. The molecule has 1 aromatic rings. The summed E-state index contributed by atoms with van der Waals surface area (Å²) >= 11 is 0. The topological polar surface area (TPSA) is 15.3 Å². The highest BCUT2D eigenvalue weighted by molar-refractivity contribution is 5.56. The number of anilines is 1. The van der Waals surface area contributed by atoms with Crippen LogP contribution in [0, 0.1) is 26.7 Å². The van der Waals surface area contributed by atoms with E-state index >= 15 is 0 Å². The summed E-state index contributed by atoms with van der Waals surface area (Å²) in [5.74, 6) is 0.806. The van der Waals surface area contributed by atoms with Crippen LogP contribution in [0.4, 0.5) is 5.69 Å². The van der Waals surface area contributed by atoms with Crippen LogP contribution in [0.3, 0.4) is 0 Å². The Morgan fingerprint density at radius 2 is 1.88 bits per heavy atom. The van der Waals surface area contributed by atoms with E-state index in [1.165, 1.54) is 41.9 Å². The minimum absolute atomic E-state index is 0.806. The van der Waals surface area contributed by atoms with E-state index in [0.29, 0.717) is 0 Å². The van der Waals surface area contributed by atoms with Gasteiger partial charge in [0.1, 0.15) is 0 Å². The molecule has 0 aliphatic carbocycles. The van der Waals surface area contributed by atoms with Crippen molar-refractivity contribution in [1.29, 1.82) is 0 Å². The van der Waals surface area contributed by atoms with Crippen molar-refractivity contribution in [3.05, 3.63) is 28.8 Å². The number of nitrogens with zero attached hydrogens (tertiary/aromatic N) is 1. The van der Waals surface area contributed by atoms with E-state index in [-0.39, 0.29) is 0 Å². The van der Waals surface area contributed by atoms with Crippen molar-refractivity contribution in [2.45, 2.75) is 27.2 Å². The third-order valence-electron chi connectivity index (χ3n) is 3.92. The molecule has 2 heteroatoms. The zero-order chi connectivity index (χ0) is 12.4. The average molecular weight is 232 g/mol. The summed E-state index contributed by atoms with van der Waals surface area (Å²) in [7, 11) is 2.22. The number of hydrogen-bond donors (Lipinski definition) is 1. The Bertz CT molecular complexity index is 392. The molecule has 0 amide bonds. The highest BCUT2D eigenvalue weighted by atomic mass is 15.1. The molecule has 1 aliphatic rings. The number of benzene rings is 1. The molecule has 2 rings (SSSR count). The van der Waals surface area contributed by atoms with E-state index in [4.69, 9.17) is 0 Å². The molecule has 1 aliphatic heterocycles. The molecule has 0 bridgehead atoms. The van der Waals surface area contributed by atoms with Gasteiger partial charge in [0, 0.05) is 19.3 Å². The fourth-order valence-corrected chi connectivity index (χ4v) is 2.71. The van der Waals surface area contributed by atoms with Gasteiger partial charge in [0.05, 0.1) is 0 Å². The molecular formula is C15H24N2. The highest BCUT2D eigenvalue weighted by Crippen LogP contribution is 2.24. The summed E-state index contributed by atoms with van der Waals surface area (Å²) in [6, 6.07) is 4.63. The van der Waals surface area contributed by atoms with Crippen LogP contribution < -0.4 is 10.2 Å². The van der Waals surface area contributed by atoms with Gasteiger partial charge in [-0.05, 0) is 69.0 Å². The van der Waals surface area contributed by atoms with Crippen LogP contribution in [0.25, 0.3) is 0 Å². The Hall–Kier alpha value is -1.02. The molecule has 1 atom stereocenters. The van der Waals surface area contributed by atoms with Gasteiger partial charge >= 0.3 is 0 Å². The fraction of sp³-hybridized carbons (Fsp3) is 0.600. The van der Waals surface area contributed by atoms with Gasteiger partial charge in [-0.15, -0.1) is 0 Å². The molecule has 94 valence electrons. The van der Waals surface area contributed by atoms with Gasteiger partial charge < -0.3 is 10.2 Å². The van der Waals surface area contributed by atoms with Gasteiger partial charge in [0.2, 0.25) is 0 Å². The fourth-order valence-electron chi connectivity index (χ4n) is 2.71. The lowest BCUT2D eigenvalue weighted by atomic mass is 10.0. The van der Waals surface area contributed by atoms with E-state index in [2.05, 4.69) is 50.2 Å². The van der Waals surface area contributed by atoms with E-state index in [0.717, 1.165) is 12.5 Å². The average Bonchev–Trinajstić information content (AvgIpc) is 2.76. The van der Waals surface area contributed by atoms with Crippen LogP contribution in [-0.4, -0.2) is 26.7 Å². The second kappa shape index (κ2) is 5.09. The Morgan fingerprint density at radius 1 is 1.18 bits per heavy atom. The first-order chi connectivity index (χ1) is 8.08. The van der Waals surface area contributed by atoms with Gasteiger partial charge in [0.25, 0.3) is 0 Å². The molecule has 17 heavy (non-hydrogen) atoms. The van der Waals surface area contributed by atoms with Crippen molar-refractivity contribution in [2.75, 3.05) is 31.6 Å². The molecule has 0 saturated carbocycles. The molecule has 1 heterocycles.